The fraction of sp³-hybridized carbons (Fsp3) is 0.0345. The SMILES string of the molecule is FC(F)(F)c1cc(-c2ccc3c4ccccc4n(-c4ccc(-c5nc(-c6ccccc6)cc(-c6ccccc6)n5)cc4-c4cc(-c5ccccc5)nc(-c5ccccc5)n4)c3c2)cc(C(F)(F)F)c1. The van der Waals surface area contributed by atoms with E-state index >= 15 is 0 Å². The van der Waals surface area contributed by atoms with Crippen molar-refractivity contribution in [2.45, 2.75) is 12.4 Å². The van der Waals surface area contributed by atoms with Crippen molar-refractivity contribution in [2.75, 3.05) is 0 Å². The van der Waals surface area contributed by atoms with E-state index in [1.807, 2.05) is 180 Å². The third-order valence-corrected chi connectivity index (χ3v) is 12.1. The Morgan fingerprint density at radius 1 is 0.304 bits per heavy atom. The summed E-state index contributed by atoms with van der Waals surface area (Å²) in [6.45, 7) is 0. The first-order valence-electron chi connectivity index (χ1n) is 21.9. The first-order valence-corrected chi connectivity index (χ1v) is 21.9. The van der Waals surface area contributed by atoms with Gasteiger partial charge in [0.15, 0.2) is 11.6 Å². The Kier molecular flexibility index (Phi) is 10.7. The largest absolute Gasteiger partial charge is 0.416 e. The maximum Gasteiger partial charge on any atom is 0.416 e. The van der Waals surface area contributed by atoms with Gasteiger partial charge in [-0.3, -0.25) is 0 Å². The summed E-state index contributed by atoms with van der Waals surface area (Å²) >= 11 is 0. The van der Waals surface area contributed by atoms with E-state index in [1.54, 1.807) is 18.2 Å². The zero-order valence-electron chi connectivity index (χ0n) is 36.2. The summed E-state index contributed by atoms with van der Waals surface area (Å²) in [5, 5.41) is 1.55. The Morgan fingerprint density at radius 2 is 0.739 bits per heavy atom. The minimum absolute atomic E-state index is 0.143. The normalized spacial score (nSPS) is 11.9. The Morgan fingerprint density at radius 3 is 1.28 bits per heavy atom. The van der Waals surface area contributed by atoms with Gasteiger partial charge in [-0.15, -0.1) is 0 Å². The van der Waals surface area contributed by atoms with Gasteiger partial charge in [-0.25, -0.2) is 19.9 Å². The summed E-state index contributed by atoms with van der Waals surface area (Å²) in [7, 11) is 0. The molecule has 0 aliphatic heterocycles. The van der Waals surface area contributed by atoms with E-state index in [1.165, 1.54) is 0 Å². The van der Waals surface area contributed by atoms with Crippen molar-refractivity contribution in [1.29, 1.82) is 0 Å². The number of alkyl halides is 6. The van der Waals surface area contributed by atoms with E-state index in [4.69, 9.17) is 19.9 Å². The van der Waals surface area contributed by atoms with Gasteiger partial charge in [0.25, 0.3) is 0 Å². The zero-order chi connectivity index (χ0) is 47.3. The molecule has 8 aromatic carbocycles. The standard InChI is InChI=1S/C58H35F6N5/c59-57(60,61)43-29-42(30-44(33-43)58(62,63)64)40-25-27-46-45-23-13-14-24-52(45)69(54(46)32-40)53-28-26-41(56-66-48(36-15-5-1-6-16-36)34-49(67-56)37-17-7-2-8-18-37)31-47(53)51-35-50(38-19-9-3-10-20-38)65-55(68-51)39-21-11-4-12-22-39/h1-35H. The minimum Gasteiger partial charge on any atom is -0.309 e. The van der Waals surface area contributed by atoms with Crippen molar-refractivity contribution in [1.82, 2.24) is 24.5 Å². The molecule has 0 fully saturated rings. The first kappa shape index (κ1) is 42.9. The molecule has 0 aliphatic rings. The van der Waals surface area contributed by atoms with Crippen LogP contribution in [0.4, 0.5) is 26.3 Å². The third-order valence-electron chi connectivity index (χ3n) is 12.1. The van der Waals surface area contributed by atoms with Crippen LogP contribution in [0.2, 0.25) is 0 Å². The molecule has 0 atom stereocenters. The van der Waals surface area contributed by atoms with Crippen LogP contribution in [-0.2, 0) is 12.4 Å². The van der Waals surface area contributed by atoms with Gasteiger partial charge in [0.1, 0.15) is 0 Å². The van der Waals surface area contributed by atoms with Crippen LogP contribution in [-0.4, -0.2) is 24.5 Å². The van der Waals surface area contributed by atoms with E-state index in [2.05, 4.69) is 0 Å². The van der Waals surface area contributed by atoms with Crippen LogP contribution in [0.25, 0.3) is 106 Å². The number of halogens is 6. The molecule has 11 rings (SSSR count). The van der Waals surface area contributed by atoms with Crippen molar-refractivity contribution in [2.24, 2.45) is 0 Å². The van der Waals surface area contributed by atoms with Crippen LogP contribution in [0, 0.1) is 0 Å². The lowest BCUT2D eigenvalue weighted by Crippen LogP contribution is -2.11. The van der Waals surface area contributed by atoms with Crippen molar-refractivity contribution >= 4 is 21.8 Å². The fourth-order valence-corrected chi connectivity index (χ4v) is 8.75. The molecule has 0 saturated carbocycles. The van der Waals surface area contributed by atoms with Crippen LogP contribution < -0.4 is 0 Å². The summed E-state index contributed by atoms with van der Waals surface area (Å²) in [6.07, 6.45) is -10.0. The van der Waals surface area contributed by atoms with E-state index < -0.39 is 23.5 Å². The number of aromatic nitrogens is 5. The topological polar surface area (TPSA) is 56.5 Å². The fourth-order valence-electron chi connectivity index (χ4n) is 8.75. The molecule has 69 heavy (non-hydrogen) atoms. The van der Waals surface area contributed by atoms with Gasteiger partial charge in [-0.05, 0) is 71.8 Å². The molecule has 0 amide bonds. The van der Waals surface area contributed by atoms with Crippen LogP contribution in [0.15, 0.2) is 212 Å². The molecule has 0 bridgehead atoms. The highest BCUT2D eigenvalue weighted by Gasteiger charge is 2.37. The quantitative estimate of drug-likeness (QED) is 0.143. The van der Waals surface area contributed by atoms with Gasteiger partial charge in [-0.2, -0.15) is 26.3 Å². The second-order valence-corrected chi connectivity index (χ2v) is 16.5. The number of benzene rings is 8. The Bertz CT molecular complexity index is 3540. The molecule has 0 N–H and O–H groups in total. The lowest BCUT2D eigenvalue weighted by Gasteiger charge is -2.18. The summed E-state index contributed by atoms with van der Waals surface area (Å²) in [5.74, 6) is 0.907. The van der Waals surface area contributed by atoms with E-state index in [9.17, 15) is 26.3 Å². The summed E-state index contributed by atoms with van der Waals surface area (Å²) < 4.78 is 87.1. The lowest BCUT2D eigenvalue weighted by molar-refractivity contribution is -0.143. The Hall–Kier alpha value is -8.70. The number of rotatable bonds is 8. The average Bonchev–Trinajstić information content (AvgIpc) is 3.72. The molecule has 0 radical (unpaired) electrons. The highest BCUT2D eigenvalue weighted by Crippen LogP contribution is 2.43. The highest BCUT2D eigenvalue weighted by atomic mass is 19.4. The number of fused-ring (bicyclic) bond motifs is 3. The predicted molar refractivity (Wildman–Crippen MR) is 260 cm³/mol. The van der Waals surface area contributed by atoms with Crippen molar-refractivity contribution < 1.29 is 26.3 Å². The second-order valence-electron chi connectivity index (χ2n) is 16.5. The molecule has 3 aromatic heterocycles. The highest BCUT2D eigenvalue weighted by molar-refractivity contribution is 6.11. The van der Waals surface area contributed by atoms with E-state index in [0.29, 0.717) is 56.8 Å². The van der Waals surface area contributed by atoms with Crippen molar-refractivity contribution in [3.8, 4) is 84.6 Å². The van der Waals surface area contributed by atoms with Crippen LogP contribution in [0.5, 0.6) is 0 Å². The number of para-hydroxylation sites is 1. The first-order chi connectivity index (χ1) is 33.4. The maximum atomic E-state index is 14.2. The molecular formula is C58H35F6N5. The van der Waals surface area contributed by atoms with Crippen molar-refractivity contribution in [3.05, 3.63) is 223 Å². The third kappa shape index (κ3) is 8.39. The molecule has 0 saturated heterocycles. The molecule has 0 aliphatic carbocycles. The van der Waals surface area contributed by atoms with Crippen molar-refractivity contribution in [3.63, 3.8) is 0 Å². The molecule has 3 heterocycles. The molecule has 0 unspecified atom stereocenters. The lowest BCUT2D eigenvalue weighted by atomic mass is 9.98. The van der Waals surface area contributed by atoms with Crippen LogP contribution in [0.1, 0.15) is 11.1 Å². The Balaban J connectivity index is 1.20. The molecule has 11 heteroatoms. The van der Waals surface area contributed by atoms with E-state index in [0.717, 1.165) is 50.7 Å². The Labute approximate surface area is 391 Å². The second kappa shape index (κ2) is 17.2. The van der Waals surface area contributed by atoms with E-state index in [-0.39, 0.29) is 17.2 Å². The smallest absolute Gasteiger partial charge is 0.309 e. The summed E-state index contributed by atoms with van der Waals surface area (Å²) in [4.78, 5) is 20.6. The van der Waals surface area contributed by atoms with Gasteiger partial charge in [0.05, 0.1) is 50.6 Å². The van der Waals surface area contributed by atoms with Gasteiger partial charge in [0, 0.05) is 44.2 Å². The number of hydrogen-bond acceptors (Lipinski definition) is 4. The van der Waals surface area contributed by atoms with Gasteiger partial charge < -0.3 is 4.57 Å². The molecule has 0 spiro atoms. The number of hydrogen-bond donors (Lipinski definition) is 0. The summed E-state index contributed by atoms with van der Waals surface area (Å²) in [6, 6.07) is 63.0. The molecule has 334 valence electrons. The monoisotopic (exact) mass is 915 g/mol. The minimum atomic E-state index is -5.02. The molecule has 5 nitrogen and oxygen atoms in total. The van der Waals surface area contributed by atoms with Gasteiger partial charge in [0.2, 0.25) is 0 Å². The maximum absolute atomic E-state index is 14.2. The van der Waals surface area contributed by atoms with Crippen LogP contribution >= 0.6 is 0 Å². The van der Waals surface area contributed by atoms with Gasteiger partial charge >= 0.3 is 12.4 Å². The number of nitrogens with zero attached hydrogens (tertiary/aromatic N) is 5. The molecular weight excluding hydrogens is 881 g/mol. The predicted octanol–water partition coefficient (Wildman–Crippen LogP) is 16.1. The average molecular weight is 916 g/mol. The summed E-state index contributed by atoms with van der Waals surface area (Å²) in [5.41, 5.74) is 6.39. The van der Waals surface area contributed by atoms with Gasteiger partial charge in [-0.1, -0.05) is 152 Å². The van der Waals surface area contributed by atoms with Crippen LogP contribution in [0.3, 0.4) is 0 Å². The molecule has 11 aromatic rings. The zero-order valence-corrected chi connectivity index (χ0v) is 36.2.